The van der Waals surface area contributed by atoms with Crippen molar-refractivity contribution in [2.24, 2.45) is 0 Å². The molecule has 20 heteroatoms. The molecule has 4 aromatic carbocycles. The quantitative estimate of drug-likeness (QED) is 0.0692. The lowest BCUT2D eigenvalue weighted by Crippen LogP contribution is -2.27. The predicted molar refractivity (Wildman–Crippen MR) is 168 cm³/mol. The van der Waals surface area contributed by atoms with E-state index in [-0.39, 0.29) is 27.1 Å². The Bertz CT molecular complexity index is 2560. The molecule has 15 nitrogen and oxygen atoms in total. The van der Waals surface area contributed by atoms with Crippen molar-refractivity contribution in [3.8, 4) is 17.2 Å². The number of esters is 1. The van der Waals surface area contributed by atoms with Crippen LogP contribution in [0.4, 0.5) is 5.69 Å². The number of hydrogen-bond acceptors (Lipinski definition) is 11. The van der Waals surface area contributed by atoms with E-state index >= 15 is 0 Å². The summed E-state index contributed by atoms with van der Waals surface area (Å²) in [5.74, 6) is -4.81. The Labute approximate surface area is 280 Å². The minimum atomic E-state index is -5.20. The Kier molecular flexibility index (Phi) is 8.60. The van der Waals surface area contributed by atoms with E-state index in [1.54, 1.807) is 0 Å². The topological polar surface area (TPSA) is 262 Å². The summed E-state index contributed by atoms with van der Waals surface area (Å²) in [6, 6.07) is 9.02. The van der Waals surface area contributed by atoms with Crippen LogP contribution in [-0.2, 0) is 30.4 Å². The van der Waals surface area contributed by atoms with Crippen LogP contribution in [0.2, 0.25) is 10.0 Å². The maximum absolute atomic E-state index is 13.3. The van der Waals surface area contributed by atoms with Crippen molar-refractivity contribution in [2.75, 3.05) is 5.73 Å². The third kappa shape index (κ3) is 6.22. The zero-order valence-electron chi connectivity index (χ0n) is 23.3. The molecule has 0 fully saturated rings. The highest BCUT2D eigenvalue weighted by atomic mass is 35.5. The number of hydrogen-bond donors (Lipinski definition) is 5. The van der Waals surface area contributed by atoms with Gasteiger partial charge in [-0.25, -0.2) is 9.59 Å². The SMILES string of the molecule is C=c1ccc2c(c1S(=O)(=O)O)Oc1c(ccc(N)c1S(=O)(=O)O)C=2c1cc(C(=O)Oc2c(Cl)cc(S(=O)(=O)O)cc2Cl)ccc1C(=O)O. The summed E-state index contributed by atoms with van der Waals surface area (Å²) in [5, 5.41) is 8.54. The molecule has 1 aliphatic heterocycles. The van der Waals surface area contributed by atoms with Gasteiger partial charge in [-0.15, -0.1) is 0 Å². The number of anilines is 1. The van der Waals surface area contributed by atoms with E-state index in [4.69, 9.17) is 38.4 Å². The van der Waals surface area contributed by atoms with Gasteiger partial charge in [0.15, 0.2) is 22.1 Å². The van der Waals surface area contributed by atoms with E-state index in [0.717, 1.165) is 42.5 Å². The number of carbonyl (C=O) groups excluding carboxylic acids is 1. The number of halogens is 2. The Morgan fingerprint density at radius 2 is 1.38 bits per heavy atom. The van der Waals surface area contributed by atoms with E-state index in [9.17, 15) is 53.6 Å². The number of carboxylic acid groups (broad SMARTS) is 1. The second-order valence-corrected chi connectivity index (χ2v) is 14.8. The Hall–Kier alpha value is -4.53. The van der Waals surface area contributed by atoms with Gasteiger partial charge in [0.05, 0.1) is 31.8 Å². The monoisotopic (exact) mass is 757 g/mol. The van der Waals surface area contributed by atoms with Crippen molar-refractivity contribution in [1.82, 2.24) is 0 Å². The molecule has 0 bridgehead atoms. The molecule has 0 atom stereocenters. The lowest BCUT2D eigenvalue weighted by Gasteiger charge is -2.25. The molecule has 48 heavy (non-hydrogen) atoms. The van der Waals surface area contributed by atoms with Crippen molar-refractivity contribution < 1.29 is 63.1 Å². The van der Waals surface area contributed by atoms with Crippen molar-refractivity contribution in [3.63, 3.8) is 0 Å². The fourth-order valence-electron chi connectivity index (χ4n) is 4.86. The second kappa shape index (κ2) is 11.9. The van der Waals surface area contributed by atoms with Gasteiger partial charge < -0.3 is 20.3 Å². The maximum Gasteiger partial charge on any atom is 0.343 e. The molecular weight excluding hydrogens is 741 g/mol. The lowest BCUT2D eigenvalue weighted by atomic mass is 9.88. The van der Waals surface area contributed by atoms with Gasteiger partial charge in [0.25, 0.3) is 30.4 Å². The van der Waals surface area contributed by atoms with Crippen LogP contribution in [-0.4, -0.2) is 56.0 Å². The molecule has 0 unspecified atom stereocenters. The van der Waals surface area contributed by atoms with Crippen molar-refractivity contribution in [2.45, 2.75) is 14.7 Å². The minimum absolute atomic E-state index is 0.228. The minimum Gasteiger partial charge on any atom is -0.478 e. The van der Waals surface area contributed by atoms with Gasteiger partial charge in [-0.1, -0.05) is 35.8 Å². The zero-order valence-corrected chi connectivity index (χ0v) is 27.3. The Morgan fingerprint density at radius 1 is 0.771 bits per heavy atom. The molecule has 0 radical (unpaired) electrons. The highest BCUT2D eigenvalue weighted by Crippen LogP contribution is 2.45. The summed E-state index contributed by atoms with van der Waals surface area (Å²) in [4.78, 5) is 23.1. The van der Waals surface area contributed by atoms with Crippen LogP contribution in [0.15, 0.2) is 69.3 Å². The summed E-state index contributed by atoms with van der Waals surface area (Å²) in [7, 11) is -15.1. The van der Waals surface area contributed by atoms with E-state index in [1.807, 2.05) is 0 Å². The number of nitrogens with two attached hydrogens (primary N) is 1. The van der Waals surface area contributed by atoms with Gasteiger partial charge in [0.1, 0.15) is 4.90 Å². The third-order valence-electron chi connectivity index (χ3n) is 6.81. The first kappa shape index (κ1) is 34.8. The zero-order chi connectivity index (χ0) is 35.7. The van der Waals surface area contributed by atoms with Crippen LogP contribution in [0.1, 0.15) is 31.8 Å². The van der Waals surface area contributed by atoms with Crippen LogP contribution < -0.4 is 25.6 Å². The standard InChI is InChI=1S/C28H17Cl2NO14S3/c1-11-2-4-15-21(16-6-7-20(31)26(48(41,42)43)23(16)44-22(15)25(11)47(38,39)40)17-8-12(3-5-14(17)27(32)33)28(34)45-24-18(29)9-13(10-19(24)30)46(35,36)37/h2-10H,1,31H2,(H,32,33)(H,35,36,37)(H,38,39,40)(H,41,42,43). The maximum atomic E-state index is 13.3. The highest BCUT2D eigenvalue weighted by Gasteiger charge is 2.34. The third-order valence-corrected chi connectivity index (χ3v) is 10.1. The van der Waals surface area contributed by atoms with Crippen LogP contribution in [0, 0.1) is 0 Å². The Balaban J connectivity index is 1.84. The number of carbonyl (C=O) groups is 2. The number of nitrogen functional groups attached to an aromatic ring is 1. The first-order chi connectivity index (χ1) is 22.1. The van der Waals surface area contributed by atoms with Gasteiger partial charge >= 0.3 is 11.9 Å². The first-order valence-corrected chi connectivity index (χ1v) is 17.7. The predicted octanol–water partition coefficient (Wildman–Crippen LogP) is 3.00. The van der Waals surface area contributed by atoms with Crippen LogP contribution in [0.3, 0.4) is 0 Å². The van der Waals surface area contributed by atoms with Gasteiger partial charge in [-0.3, -0.25) is 13.7 Å². The molecule has 5 rings (SSSR count). The average molecular weight is 759 g/mol. The number of rotatable bonds is 7. The summed E-state index contributed by atoms with van der Waals surface area (Å²) in [5.41, 5.74) is 3.50. The molecule has 250 valence electrons. The van der Waals surface area contributed by atoms with Crippen molar-refractivity contribution in [3.05, 3.63) is 97.3 Å². The van der Waals surface area contributed by atoms with E-state index in [0.29, 0.717) is 0 Å². The van der Waals surface area contributed by atoms with Crippen molar-refractivity contribution >= 4 is 83.3 Å². The largest absolute Gasteiger partial charge is 0.478 e. The van der Waals surface area contributed by atoms with Crippen molar-refractivity contribution in [1.29, 1.82) is 0 Å². The normalized spacial score (nSPS) is 12.9. The lowest BCUT2D eigenvalue weighted by molar-refractivity contribution is 0.0691. The van der Waals surface area contributed by atoms with Crippen LogP contribution in [0.25, 0.3) is 12.2 Å². The summed E-state index contributed by atoms with van der Waals surface area (Å²) < 4.78 is 113. The molecule has 0 aromatic heterocycles. The number of carboxylic acids is 1. The molecule has 6 N–H and O–H groups in total. The van der Waals surface area contributed by atoms with Gasteiger partial charge in [-0.2, -0.15) is 25.3 Å². The fraction of sp³-hybridized carbons (Fsp3) is 0. The second-order valence-electron chi connectivity index (χ2n) is 9.86. The van der Waals surface area contributed by atoms with Crippen LogP contribution in [0.5, 0.6) is 17.2 Å². The molecule has 1 aliphatic rings. The molecule has 0 aliphatic carbocycles. The van der Waals surface area contributed by atoms with Gasteiger partial charge in [0.2, 0.25) is 0 Å². The molecule has 1 heterocycles. The average Bonchev–Trinajstić information content (AvgIpc) is 2.95. The molecule has 0 saturated heterocycles. The van der Waals surface area contributed by atoms with E-state index in [2.05, 4.69) is 6.58 Å². The summed E-state index contributed by atoms with van der Waals surface area (Å²) >= 11 is 12.1. The first-order valence-electron chi connectivity index (χ1n) is 12.6. The number of fused-ring (bicyclic) bond motifs is 2. The number of ether oxygens (including phenoxy) is 2. The summed E-state index contributed by atoms with van der Waals surface area (Å²) in [6.07, 6.45) is 0. The van der Waals surface area contributed by atoms with Gasteiger partial charge in [-0.05, 0) is 59.3 Å². The molecular formula is C28H17Cl2NO14S3. The molecule has 0 saturated carbocycles. The number of aromatic carboxylic acids is 1. The van der Waals surface area contributed by atoms with Crippen LogP contribution >= 0.6 is 23.2 Å². The highest BCUT2D eigenvalue weighted by molar-refractivity contribution is 7.86. The smallest absolute Gasteiger partial charge is 0.343 e. The number of benzene rings is 4. The van der Waals surface area contributed by atoms with Gasteiger partial charge in [0, 0.05) is 16.4 Å². The fourth-order valence-corrected chi connectivity index (χ4v) is 7.63. The molecule has 0 amide bonds. The Morgan fingerprint density at radius 3 is 1.92 bits per heavy atom. The molecule has 4 aromatic rings. The molecule has 0 spiro atoms. The van der Waals surface area contributed by atoms with E-state index < -0.39 is 101 Å². The summed E-state index contributed by atoms with van der Waals surface area (Å²) in [6.45, 7) is 3.55. The van der Waals surface area contributed by atoms with E-state index in [1.165, 1.54) is 12.1 Å².